The number of halogens is 1. The van der Waals surface area contributed by atoms with Crippen LogP contribution in [0.25, 0.3) is 0 Å². The summed E-state index contributed by atoms with van der Waals surface area (Å²) in [7, 11) is 1.74. The van der Waals surface area contributed by atoms with Gasteiger partial charge in [-0.25, -0.2) is 15.8 Å². The number of hydrogen-bond donors (Lipinski definition) is 2. The zero-order valence-electron chi connectivity index (χ0n) is 8.25. The van der Waals surface area contributed by atoms with Crippen LogP contribution < -0.4 is 16.0 Å². The van der Waals surface area contributed by atoms with E-state index in [2.05, 4.69) is 41.4 Å². The van der Waals surface area contributed by atoms with E-state index in [-0.39, 0.29) is 11.9 Å². The van der Waals surface area contributed by atoms with Gasteiger partial charge < -0.3 is 10.2 Å². The van der Waals surface area contributed by atoms with Crippen LogP contribution in [0.2, 0.25) is 0 Å². The van der Waals surface area contributed by atoms with Gasteiger partial charge in [0.1, 0.15) is 17.1 Å². The molecule has 0 unspecified atom stereocenters. The number of aryl methyl sites for hydroxylation is 1. The number of hydrazine groups is 1. The van der Waals surface area contributed by atoms with E-state index >= 15 is 0 Å². The molecule has 2 aromatic heterocycles. The predicted molar refractivity (Wildman–Crippen MR) is 58.6 cm³/mol. The molecule has 0 aliphatic rings. The molecule has 2 heterocycles. The van der Waals surface area contributed by atoms with Crippen LogP contribution in [-0.2, 0) is 7.05 Å². The predicted octanol–water partition coefficient (Wildman–Crippen LogP) is 0.445. The molecular formula is C7H8BrN7O. The second-order valence-corrected chi connectivity index (χ2v) is 3.58. The number of aromatic nitrogens is 5. The number of rotatable bonds is 3. The van der Waals surface area contributed by atoms with E-state index in [1.807, 2.05) is 0 Å². The highest BCUT2D eigenvalue weighted by Crippen LogP contribution is 2.29. The largest absolute Gasteiger partial charge is 0.403 e. The van der Waals surface area contributed by atoms with Gasteiger partial charge in [-0.1, -0.05) is 0 Å². The Morgan fingerprint density at radius 2 is 2.25 bits per heavy atom. The molecule has 0 aliphatic heterocycles. The maximum atomic E-state index is 5.34. The number of ether oxygens (including phenoxy) is 1. The Morgan fingerprint density at radius 3 is 2.88 bits per heavy atom. The van der Waals surface area contributed by atoms with Crippen molar-refractivity contribution in [2.75, 3.05) is 5.43 Å². The minimum Gasteiger partial charge on any atom is -0.403 e. The second kappa shape index (κ2) is 4.41. The molecule has 0 aliphatic carbocycles. The first kappa shape index (κ1) is 10.8. The summed E-state index contributed by atoms with van der Waals surface area (Å²) < 4.78 is 7.36. The highest BCUT2D eigenvalue weighted by molar-refractivity contribution is 9.10. The molecule has 0 saturated carbocycles. The SMILES string of the molecule is Cn1cnc(Oc2ncnc(NN)c2Br)n1. The fourth-order valence-electron chi connectivity index (χ4n) is 0.978. The van der Waals surface area contributed by atoms with Crippen LogP contribution in [0.4, 0.5) is 5.82 Å². The summed E-state index contributed by atoms with van der Waals surface area (Å²) in [6.07, 6.45) is 2.84. The number of nitrogens with one attached hydrogen (secondary N) is 1. The molecule has 3 N–H and O–H groups in total. The van der Waals surface area contributed by atoms with Crippen molar-refractivity contribution in [1.29, 1.82) is 0 Å². The number of nitrogen functional groups attached to an aromatic ring is 1. The Kier molecular flexibility index (Phi) is 2.97. The lowest BCUT2D eigenvalue weighted by Gasteiger charge is -2.05. The van der Waals surface area contributed by atoms with Gasteiger partial charge in [0.05, 0.1) is 0 Å². The second-order valence-electron chi connectivity index (χ2n) is 2.79. The molecular weight excluding hydrogens is 278 g/mol. The van der Waals surface area contributed by atoms with Crippen molar-refractivity contribution < 1.29 is 4.74 Å². The smallest absolute Gasteiger partial charge is 0.342 e. The first-order chi connectivity index (χ1) is 7.70. The van der Waals surface area contributed by atoms with Crippen molar-refractivity contribution in [3.8, 4) is 11.9 Å². The summed E-state index contributed by atoms with van der Waals surface area (Å²) >= 11 is 3.25. The Labute approximate surface area is 99.0 Å². The average molecular weight is 286 g/mol. The van der Waals surface area contributed by atoms with E-state index in [1.54, 1.807) is 7.05 Å². The lowest BCUT2D eigenvalue weighted by molar-refractivity contribution is 0.419. The molecule has 2 aromatic rings. The highest BCUT2D eigenvalue weighted by Gasteiger charge is 2.11. The molecule has 84 valence electrons. The number of hydrogen-bond acceptors (Lipinski definition) is 7. The molecule has 2 rings (SSSR count). The van der Waals surface area contributed by atoms with Crippen molar-refractivity contribution in [1.82, 2.24) is 24.7 Å². The molecule has 0 saturated heterocycles. The number of anilines is 1. The first-order valence-corrected chi connectivity index (χ1v) is 5.00. The Balaban J connectivity index is 2.28. The lowest BCUT2D eigenvalue weighted by atomic mass is 10.6. The number of nitrogens with two attached hydrogens (primary N) is 1. The van der Waals surface area contributed by atoms with Crippen molar-refractivity contribution in [3.63, 3.8) is 0 Å². The fourth-order valence-corrected chi connectivity index (χ4v) is 1.38. The van der Waals surface area contributed by atoms with Crippen molar-refractivity contribution in [2.24, 2.45) is 12.9 Å². The third kappa shape index (κ3) is 2.09. The maximum Gasteiger partial charge on any atom is 0.342 e. The third-order valence-corrected chi connectivity index (χ3v) is 2.38. The van der Waals surface area contributed by atoms with Crippen LogP contribution in [0.15, 0.2) is 17.1 Å². The molecule has 0 amide bonds. The van der Waals surface area contributed by atoms with Crippen molar-refractivity contribution in [3.05, 3.63) is 17.1 Å². The van der Waals surface area contributed by atoms with E-state index < -0.39 is 0 Å². The number of nitrogens with zero attached hydrogens (tertiary/aromatic N) is 5. The summed E-state index contributed by atoms with van der Waals surface area (Å²) in [6, 6.07) is 0.199. The Morgan fingerprint density at radius 1 is 1.44 bits per heavy atom. The van der Waals surface area contributed by atoms with Crippen LogP contribution in [0.5, 0.6) is 11.9 Å². The van der Waals surface area contributed by atoms with Gasteiger partial charge in [0.25, 0.3) is 0 Å². The zero-order valence-corrected chi connectivity index (χ0v) is 9.84. The summed E-state index contributed by atoms with van der Waals surface area (Å²) in [5.41, 5.74) is 2.40. The van der Waals surface area contributed by atoms with E-state index in [9.17, 15) is 0 Å². The minimum atomic E-state index is 0.199. The Bertz CT molecular complexity index is 499. The summed E-state index contributed by atoms with van der Waals surface area (Å²) in [5, 5.41) is 3.95. The van der Waals surface area contributed by atoms with Gasteiger partial charge in [-0.2, -0.15) is 4.98 Å². The molecule has 0 aromatic carbocycles. The van der Waals surface area contributed by atoms with Gasteiger partial charge >= 0.3 is 6.01 Å². The van der Waals surface area contributed by atoms with Crippen LogP contribution in [0.3, 0.4) is 0 Å². The van der Waals surface area contributed by atoms with Crippen LogP contribution >= 0.6 is 15.9 Å². The van der Waals surface area contributed by atoms with E-state index in [1.165, 1.54) is 17.3 Å². The van der Waals surface area contributed by atoms with Gasteiger partial charge in [-0.3, -0.25) is 4.68 Å². The van der Waals surface area contributed by atoms with Gasteiger partial charge in [-0.05, 0) is 15.9 Å². The molecule has 0 spiro atoms. The standard InChI is InChI=1S/C7H8BrN7O/c1-15-3-12-7(14-15)16-6-4(8)5(13-9)10-2-11-6/h2-3H,9H2,1H3,(H,10,11,13). The Hall–Kier alpha value is -1.74. The van der Waals surface area contributed by atoms with Crippen molar-refractivity contribution >= 4 is 21.7 Å². The average Bonchev–Trinajstić information content (AvgIpc) is 2.67. The molecule has 0 radical (unpaired) electrons. The van der Waals surface area contributed by atoms with E-state index in [0.717, 1.165) is 0 Å². The van der Waals surface area contributed by atoms with Crippen molar-refractivity contribution in [2.45, 2.75) is 0 Å². The molecule has 8 nitrogen and oxygen atoms in total. The fraction of sp³-hybridized carbons (Fsp3) is 0.143. The summed E-state index contributed by atoms with van der Waals surface area (Å²) in [4.78, 5) is 11.7. The first-order valence-electron chi connectivity index (χ1n) is 4.21. The van der Waals surface area contributed by atoms with Crippen LogP contribution in [0.1, 0.15) is 0 Å². The van der Waals surface area contributed by atoms with Gasteiger partial charge in [0.15, 0.2) is 5.82 Å². The quantitative estimate of drug-likeness (QED) is 0.623. The molecule has 0 fully saturated rings. The minimum absolute atomic E-state index is 0.199. The molecule has 16 heavy (non-hydrogen) atoms. The summed E-state index contributed by atoms with van der Waals surface area (Å²) in [6.45, 7) is 0. The lowest BCUT2D eigenvalue weighted by Crippen LogP contribution is -2.10. The molecule has 9 heteroatoms. The van der Waals surface area contributed by atoms with Crippen LogP contribution in [-0.4, -0.2) is 24.7 Å². The van der Waals surface area contributed by atoms with Gasteiger partial charge in [-0.15, -0.1) is 5.10 Å². The maximum absolute atomic E-state index is 5.34. The monoisotopic (exact) mass is 285 g/mol. The summed E-state index contributed by atoms with van der Waals surface area (Å²) in [5.74, 6) is 5.96. The van der Waals surface area contributed by atoms with E-state index in [0.29, 0.717) is 10.3 Å². The zero-order chi connectivity index (χ0) is 11.5. The normalized spacial score (nSPS) is 10.2. The van der Waals surface area contributed by atoms with Gasteiger partial charge in [0, 0.05) is 7.05 Å². The molecule has 0 bridgehead atoms. The third-order valence-electron chi connectivity index (χ3n) is 1.66. The topological polar surface area (TPSA) is 104 Å². The van der Waals surface area contributed by atoms with Crippen LogP contribution in [0, 0.1) is 0 Å². The van der Waals surface area contributed by atoms with E-state index in [4.69, 9.17) is 10.6 Å². The van der Waals surface area contributed by atoms with Gasteiger partial charge in [0.2, 0.25) is 5.88 Å². The highest BCUT2D eigenvalue weighted by atomic mass is 79.9. The molecule has 0 atom stereocenters.